The fraction of sp³-hybridized carbons (Fsp3) is 0.500. The molecule has 0 aliphatic rings. The number of aliphatic hydroxyl groups excluding tert-OH is 1. The Bertz CT molecular complexity index is 370. The molecule has 7 heteroatoms. The molecular formula is C6H11N3O3S. The number of aryl methyl sites for hydroxylation is 1. The number of sulfonamides is 1. The summed E-state index contributed by atoms with van der Waals surface area (Å²) in [6, 6.07) is 0. The standard InChI is InChI=1S/C6H11N3O3S/c1-5-6(4-7-9-5)13(11,12)8-2-3-10/h4,8,10H,2-3H2,1H3,(H,7,9). The molecule has 0 spiro atoms. The Labute approximate surface area is 76.0 Å². The van der Waals surface area contributed by atoms with Gasteiger partial charge in [0.1, 0.15) is 4.90 Å². The molecule has 0 unspecified atom stereocenters. The summed E-state index contributed by atoms with van der Waals surface area (Å²) in [6.07, 6.45) is 1.23. The van der Waals surface area contributed by atoms with Crippen LogP contribution in [0.15, 0.2) is 11.1 Å². The molecule has 1 heterocycles. The predicted molar refractivity (Wildman–Crippen MR) is 45.6 cm³/mol. The van der Waals surface area contributed by atoms with Crippen molar-refractivity contribution in [2.75, 3.05) is 13.2 Å². The quantitative estimate of drug-likeness (QED) is 0.587. The van der Waals surface area contributed by atoms with E-state index in [4.69, 9.17) is 5.11 Å². The van der Waals surface area contributed by atoms with E-state index in [9.17, 15) is 8.42 Å². The molecule has 3 N–H and O–H groups in total. The lowest BCUT2D eigenvalue weighted by atomic mass is 10.5. The number of aromatic amines is 1. The van der Waals surface area contributed by atoms with Gasteiger partial charge in [-0.2, -0.15) is 5.10 Å². The van der Waals surface area contributed by atoms with E-state index in [1.807, 2.05) is 0 Å². The minimum Gasteiger partial charge on any atom is -0.395 e. The summed E-state index contributed by atoms with van der Waals surface area (Å²) in [7, 11) is -3.51. The van der Waals surface area contributed by atoms with Crippen molar-refractivity contribution in [1.29, 1.82) is 0 Å². The number of aliphatic hydroxyl groups is 1. The van der Waals surface area contributed by atoms with Gasteiger partial charge in [0, 0.05) is 6.54 Å². The van der Waals surface area contributed by atoms with Gasteiger partial charge in [0.05, 0.1) is 18.5 Å². The van der Waals surface area contributed by atoms with E-state index in [0.717, 1.165) is 0 Å². The van der Waals surface area contributed by atoms with Gasteiger partial charge in [-0.1, -0.05) is 0 Å². The number of H-pyrrole nitrogens is 1. The zero-order valence-corrected chi connectivity index (χ0v) is 7.93. The van der Waals surface area contributed by atoms with E-state index in [1.165, 1.54) is 6.20 Å². The smallest absolute Gasteiger partial charge is 0.244 e. The van der Waals surface area contributed by atoms with Crippen molar-refractivity contribution in [3.8, 4) is 0 Å². The number of hydrogen-bond donors (Lipinski definition) is 3. The fourth-order valence-corrected chi connectivity index (χ4v) is 2.02. The maximum Gasteiger partial charge on any atom is 0.244 e. The molecule has 74 valence electrons. The Morgan fingerprint density at radius 1 is 1.69 bits per heavy atom. The van der Waals surface area contributed by atoms with Gasteiger partial charge in [-0.3, -0.25) is 5.10 Å². The molecule has 0 aliphatic carbocycles. The van der Waals surface area contributed by atoms with Gasteiger partial charge in [-0.15, -0.1) is 0 Å². The van der Waals surface area contributed by atoms with E-state index < -0.39 is 10.0 Å². The Hall–Kier alpha value is -0.920. The first-order valence-corrected chi connectivity index (χ1v) is 5.17. The van der Waals surface area contributed by atoms with Crippen LogP contribution in [0.1, 0.15) is 5.69 Å². The third-order valence-corrected chi connectivity index (χ3v) is 3.05. The summed E-state index contributed by atoms with van der Waals surface area (Å²) in [5.74, 6) is 0. The lowest BCUT2D eigenvalue weighted by Gasteiger charge is -2.02. The minimum atomic E-state index is -3.51. The van der Waals surface area contributed by atoms with Crippen LogP contribution >= 0.6 is 0 Å². The van der Waals surface area contributed by atoms with Crippen LogP contribution in [0.2, 0.25) is 0 Å². The van der Waals surface area contributed by atoms with E-state index in [2.05, 4.69) is 14.9 Å². The molecule has 0 aliphatic heterocycles. The van der Waals surface area contributed by atoms with E-state index >= 15 is 0 Å². The lowest BCUT2D eigenvalue weighted by Crippen LogP contribution is -2.26. The van der Waals surface area contributed by atoms with E-state index in [0.29, 0.717) is 5.69 Å². The fourth-order valence-electron chi connectivity index (χ4n) is 0.868. The van der Waals surface area contributed by atoms with Gasteiger partial charge < -0.3 is 5.11 Å². The Balaban J connectivity index is 2.88. The monoisotopic (exact) mass is 205 g/mol. The third kappa shape index (κ3) is 2.27. The van der Waals surface area contributed by atoms with Crippen molar-refractivity contribution in [1.82, 2.24) is 14.9 Å². The highest BCUT2D eigenvalue weighted by Crippen LogP contribution is 2.09. The number of nitrogens with one attached hydrogen (secondary N) is 2. The molecule has 0 fully saturated rings. The summed E-state index contributed by atoms with van der Waals surface area (Å²) >= 11 is 0. The molecule has 0 saturated carbocycles. The number of nitrogens with zero attached hydrogens (tertiary/aromatic N) is 1. The second-order valence-corrected chi connectivity index (χ2v) is 4.22. The Morgan fingerprint density at radius 3 is 2.85 bits per heavy atom. The molecule has 0 atom stereocenters. The van der Waals surface area contributed by atoms with Crippen LogP contribution in [0.25, 0.3) is 0 Å². The molecule has 1 rings (SSSR count). The first-order valence-electron chi connectivity index (χ1n) is 3.68. The van der Waals surface area contributed by atoms with Crippen LogP contribution in [0.3, 0.4) is 0 Å². The molecule has 0 radical (unpaired) electrons. The topological polar surface area (TPSA) is 95.1 Å². The first-order chi connectivity index (χ1) is 6.08. The summed E-state index contributed by atoms with van der Waals surface area (Å²) in [4.78, 5) is 0.112. The summed E-state index contributed by atoms with van der Waals surface area (Å²) in [5, 5.41) is 14.6. The second-order valence-electron chi connectivity index (χ2n) is 2.48. The highest BCUT2D eigenvalue weighted by Gasteiger charge is 2.17. The van der Waals surface area contributed by atoms with Crippen LogP contribution in [0, 0.1) is 6.92 Å². The zero-order chi connectivity index (χ0) is 9.90. The molecule has 1 aromatic heterocycles. The molecule has 0 amide bonds. The normalized spacial score (nSPS) is 11.8. The molecule has 0 bridgehead atoms. The van der Waals surface area contributed by atoms with Gasteiger partial charge in [-0.05, 0) is 6.92 Å². The molecule has 1 aromatic rings. The van der Waals surface area contributed by atoms with E-state index in [1.54, 1.807) is 6.92 Å². The Kier molecular flexibility index (Phi) is 3.02. The third-order valence-electron chi connectivity index (χ3n) is 1.48. The highest BCUT2D eigenvalue weighted by atomic mass is 32.2. The van der Waals surface area contributed by atoms with Crippen molar-refractivity contribution in [3.05, 3.63) is 11.9 Å². The van der Waals surface area contributed by atoms with Crippen LogP contribution in [-0.2, 0) is 10.0 Å². The van der Waals surface area contributed by atoms with Crippen LogP contribution < -0.4 is 4.72 Å². The van der Waals surface area contributed by atoms with Crippen molar-refractivity contribution < 1.29 is 13.5 Å². The van der Waals surface area contributed by atoms with Gasteiger partial charge in [0.2, 0.25) is 10.0 Å². The average molecular weight is 205 g/mol. The highest BCUT2D eigenvalue weighted by molar-refractivity contribution is 7.89. The predicted octanol–water partition coefficient (Wildman–Crippen LogP) is -1.01. The van der Waals surface area contributed by atoms with Crippen molar-refractivity contribution >= 4 is 10.0 Å². The van der Waals surface area contributed by atoms with E-state index in [-0.39, 0.29) is 18.0 Å². The van der Waals surface area contributed by atoms with Gasteiger partial charge in [0.15, 0.2) is 0 Å². The van der Waals surface area contributed by atoms with Crippen molar-refractivity contribution in [3.63, 3.8) is 0 Å². The van der Waals surface area contributed by atoms with Gasteiger partial charge in [0.25, 0.3) is 0 Å². The first kappa shape index (κ1) is 10.2. The maximum atomic E-state index is 11.4. The number of rotatable bonds is 4. The molecule has 13 heavy (non-hydrogen) atoms. The zero-order valence-electron chi connectivity index (χ0n) is 7.11. The van der Waals surface area contributed by atoms with Crippen molar-refractivity contribution in [2.45, 2.75) is 11.8 Å². The summed E-state index contributed by atoms with van der Waals surface area (Å²) in [6.45, 7) is 1.39. The second kappa shape index (κ2) is 3.86. The van der Waals surface area contributed by atoms with Crippen LogP contribution in [0.5, 0.6) is 0 Å². The minimum absolute atomic E-state index is 0.00690. The summed E-state index contributed by atoms with van der Waals surface area (Å²) in [5.41, 5.74) is 0.477. The average Bonchev–Trinajstić information content (AvgIpc) is 2.48. The van der Waals surface area contributed by atoms with Crippen molar-refractivity contribution in [2.24, 2.45) is 0 Å². The summed E-state index contributed by atoms with van der Waals surface area (Å²) < 4.78 is 25.0. The largest absolute Gasteiger partial charge is 0.395 e. The molecule has 0 saturated heterocycles. The molecular weight excluding hydrogens is 194 g/mol. The molecule has 0 aromatic carbocycles. The van der Waals surface area contributed by atoms with Gasteiger partial charge >= 0.3 is 0 Å². The number of hydrogen-bond acceptors (Lipinski definition) is 4. The SMILES string of the molecule is Cc1[nH]ncc1S(=O)(=O)NCCO. The molecule has 6 nitrogen and oxygen atoms in total. The van der Waals surface area contributed by atoms with Gasteiger partial charge in [-0.25, -0.2) is 13.1 Å². The van der Waals surface area contributed by atoms with Crippen LogP contribution in [0.4, 0.5) is 0 Å². The maximum absolute atomic E-state index is 11.4. The number of aromatic nitrogens is 2. The lowest BCUT2D eigenvalue weighted by molar-refractivity contribution is 0.301. The van der Waals surface area contributed by atoms with Crippen LogP contribution in [-0.4, -0.2) is 36.9 Å². The Morgan fingerprint density at radius 2 is 2.38 bits per heavy atom.